The summed E-state index contributed by atoms with van der Waals surface area (Å²) in [7, 11) is 2.04. The van der Waals surface area contributed by atoms with Gasteiger partial charge in [0.05, 0.1) is 0 Å². The Morgan fingerprint density at radius 3 is 2.62 bits per heavy atom. The molecule has 1 nitrogen and oxygen atoms in total. The minimum Gasteiger partial charge on any atom is -0.313 e. The van der Waals surface area contributed by atoms with Crippen molar-refractivity contribution in [3.63, 3.8) is 0 Å². The Hall–Kier alpha value is -0.640. The van der Waals surface area contributed by atoms with Gasteiger partial charge in [-0.05, 0) is 48.0 Å². The van der Waals surface area contributed by atoms with Crippen molar-refractivity contribution in [1.82, 2.24) is 5.32 Å². The lowest BCUT2D eigenvalue weighted by molar-refractivity contribution is 0.598. The summed E-state index contributed by atoms with van der Waals surface area (Å²) in [6.07, 6.45) is 2.24. The molecule has 0 saturated carbocycles. The van der Waals surface area contributed by atoms with E-state index in [1.807, 2.05) is 18.4 Å². The fourth-order valence-electron chi connectivity index (χ4n) is 1.78. The zero-order chi connectivity index (χ0) is 11.4. The molecule has 86 valence electrons. The Bertz CT molecular complexity index is 417. The Labute approximate surface area is 105 Å². The van der Waals surface area contributed by atoms with E-state index in [0.717, 1.165) is 12.8 Å². The first-order valence-corrected chi connectivity index (χ1v) is 7.36. The van der Waals surface area contributed by atoms with Crippen LogP contribution in [0, 0.1) is 0 Å². The third-order valence-electron chi connectivity index (χ3n) is 2.77. The van der Waals surface area contributed by atoms with Crippen LogP contribution >= 0.6 is 22.7 Å². The molecule has 3 heteroatoms. The summed E-state index contributed by atoms with van der Waals surface area (Å²) in [4.78, 5) is 2.96. The maximum Gasteiger partial charge on any atom is 0.0374 e. The van der Waals surface area contributed by atoms with Crippen LogP contribution < -0.4 is 5.32 Å². The van der Waals surface area contributed by atoms with Gasteiger partial charge < -0.3 is 5.32 Å². The molecule has 0 radical (unpaired) electrons. The van der Waals surface area contributed by atoms with Crippen LogP contribution in [0.15, 0.2) is 29.0 Å². The van der Waals surface area contributed by atoms with Crippen molar-refractivity contribution in [2.24, 2.45) is 0 Å². The highest BCUT2D eigenvalue weighted by molar-refractivity contribution is 7.12. The lowest BCUT2D eigenvalue weighted by Crippen LogP contribution is -2.17. The van der Waals surface area contributed by atoms with Crippen LogP contribution in [0.5, 0.6) is 0 Å². The first kappa shape index (κ1) is 11.8. The summed E-state index contributed by atoms with van der Waals surface area (Å²) in [5.41, 5.74) is 1.40. The van der Waals surface area contributed by atoms with Crippen LogP contribution in [0.4, 0.5) is 0 Å². The van der Waals surface area contributed by atoms with Crippen molar-refractivity contribution >= 4 is 22.7 Å². The molecule has 2 aromatic heterocycles. The molecule has 16 heavy (non-hydrogen) atoms. The highest BCUT2D eigenvalue weighted by atomic mass is 32.1. The Balaban J connectivity index is 2.07. The maximum atomic E-state index is 3.39. The van der Waals surface area contributed by atoms with Crippen LogP contribution in [0.3, 0.4) is 0 Å². The van der Waals surface area contributed by atoms with Gasteiger partial charge in [-0.25, -0.2) is 0 Å². The molecule has 2 aromatic rings. The average molecular weight is 251 g/mol. The largest absolute Gasteiger partial charge is 0.313 e. The van der Waals surface area contributed by atoms with Crippen LogP contribution in [0.1, 0.15) is 28.3 Å². The topological polar surface area (TPSA) is 12.0 Å². The van der Waals surface area contributed by atoms with E-state index >= 15 is 0 Å². The van der Waals surface area contributed by atoms with Crippen LogP contribution in [-0.4, -0.2) is 7.05 Å². The quantitative estimate of drug-likeness (QED) is 0.850. The monoisotopic (exact) mass is 251 g/mol. The third kappa shape index (κ3) is 2.73. The molecule has 0 fully saturated rings. The average Bonchev–Trinajstić information content (AvgIpc) is 2.96. The number of rotatable bonds is 5. The molecule has 0 bridgehead atoms. The lowest BCUT2D eigenvalue weighted by Gasteiger charge is -2.13. The van der Waals surface area contributed by atoms with Gasteiger partial charge in [0, 0.05) is 22.2 Å². The van der Waals surface area contributed by atoms with Gasteiger partial charge >= 0.3 is 0 Å². The smallest absolute Gasteiger partial charge is 0.0374 e. The molecule has 2 rings (SSSR count). The van der Waals surface area contributed by atoms with Crippen LogP contribution in [0.2, 0.25) is 0 Å². The molecule has 0 spiro atoms. The number of aryl methyl sites for hydroxylation is 1. The molecule has 0 aliphatic carbocycles. The van der Waals surface area contributed by atoms with Gasteiger partial charge in [-0.2, -0.15) is 11.3 Å². The van der Waals surface area contributed by atoms with Crippen molar-refractivity contribution in [3.05, 3.63) is 44.3 Å². The van der Waals surface area contributed by atoms with E-state index < -0.39 is 0 Å². The number of nitrogens with one attached hydrogen (secondary N) is 1. The first-order valence-electron chi connectivity index (χ1n) is 5.60. The summed E-state index contributed by atoms with van der Waals surface area (Å²) in [5.74, 6) is 0. The molecular weight excluding hydrogens is 234 g/mol. The number of hydrogen-bond donors (Lipinski definition) is 1. The molecule has 1 unspecified atom stereocenters. The first-order chi connectivity index (χ1) is 7.83. The van der Waals surface area contributed by atoms with E-state index in [0.29, 0.717) is 6.04 Å². The highest BCUT2D eigenvalue weighted by Crippen LogP contribution is 2.25. The van der Waals surface area contributed by atoms with E-state index in [2.05, 4.69) is 41.2 Å². The summed E-state index contributed by atoms with van der Waals surface area (Å²) < 4.78 is 0. The van der Waals surface area contributed by atoms with Gasteiger partial charge in [0.15, 0.2) is 0 Å². The third-order valence-corrected chi connectivity index (χ3v) is 4.72. The number of hydrogen-bond acceptors (Lipinski definition) is 3. The van der Waals surface area contributed by atoms with E-state index in [1.165, 1.54) is 15.3 Å². The Morgan fingerprint density at radius 2 is 2.06 bits per heavy atom. The predicted molar refractivity (Wildman–Crippen MR) is 73.5 cm³/mol. The van der Waals surface area contributed by atoms with Gasteiger partial charge in [0.25, 0.3) is 0 Å². The van der Waals surface area contributed by atoms with Gasteiger partial charge in [0.1, 0.15) is 0 Å². The zero-order valence-corrected chi connectivity index (χ0v) is 11.3. The fourth-order valence-corrected chi connectivity index (χ4v) is 3.50. The Kier molecular flexibility index (Phi) is 4.16. The molecule has 0 saturated heterocycles. The minimum absolute atomic E-state index is 0.453. The predicted octanol–water partition coefficient (Wildman–Crippen LogP) is 3.88. The normalized spacial score (nSPS) is 12.9. The highest BCUT2D eigenvalue weighted by Gasteiger charge is 2.11. The van der Waals surface area contributed by atoms with Gasteiger partial charge in [-0.15, -0.1) is 11.3 Å². The van der Waals surface area contributed by atoms with Crippen molar-refractivity contribution in [3.8, 4) is 0 Å². The molecular formula is C13H17NS2. The van der Waals surface area contributed by atoms with Crippen LogP contribution in [-0.2, 0) is 12.8 Å². The fraction of sp³-hybridized carbons (Fsp3) is 0.385. The van der Waals surface area contributed by atoms with E-state index in [1.54, 1.807) is 11.3 Å². The SMILES string of the molecule is CCc1ccc(CC(NC)c2ccsc2)s1. The van der Waals surface area contributed by atoms with Crippen molar-refractivity contribution in [2.75, 3.05) is 7.05 Å². The number of thiophene rings is 2. The molecule has 1 atom stereocenters. The molecule has 0 aromatic carbocycles. The lowest BCUT2D eigenvalue weighted by atomic mass is 10.1. The summed E-state index contributed by atoms with van der Waals surface area (Å²) in [5, 5.41) is 7.77. The number of likely N-dealkylation sites (N-methyl/N-ethyl adjacent to an activating group) is 1. The zero-order valence-electron chi connectivity index (χ0n) is 9.69. The molecule has 2 heterocycles. The summed E-state index contributed by atoms with van der Waals surface area (Å²) in [6.45, 7) is 2.21. The van der Waals surface area contributed by atoms with E-state index in [9.17, 15) is 0 Å². The van der Waals surface area contributed by atoms with Crippen molar-refractivity contribution in [1.29, 1.82) is 0 Å². The summed E-state index contributed by atoms with van der Waals surface area (Å²) in [6, 6.07) is 7.18. The van der Waals surface area contributed by atoms with Crippen molar-refractivity contribution < 1.29 is 0 Å². The van der Waals surface area contributed by atoms with Gasteiger partial charge in [0.2, 0.25) is 0 Å². The van der Waals surface area contributed by atoms with Gasteiger partial charge in [-0.1, -0.05) is 6.92 Å². The second-order valence-corrected chi connectivity index (χ2v) is 5.86. The standard InChI is InChI=1S/C13H17NS2/c1-3-11-4-5-12(16-11)8-13(14-2)10-6-7-15-9-10/h4-7,9,13-14H,3,8H2,1-2H3. The van der Waals surface area contributed by atoms with Crippen molar-refractivity contribution in [2.45, 2.75) is 25.8 Å². The van der Waals surface area contributed by atoms with Gasteiger partial charge in [-0.3, -0.25) is 0 Å². The van der Waals surface area contributed by atoms with Crippen LogP contribution in [0.25, 0.3) is 0 Å². The van der Waals surface area contributed by atoms with E-state index in [-0.39, 0.29) is 0 Å². The second kappa shape index (κ2) is 5.62. The molecule has 0 aliphatic rings. The molecule has 1 N–H and O–H groups in total. The second-order valence-electron chi connectivity index (χ2n) is 3.82. The molecule has 0 amide bonds. The minimum atomic E-state index is 0.453. The Morgan fingerprint density at radius 1 is 1.25 bits per heavy atom. The van der Waals surface area contributed by atoms with E-state index in [4.69, 9.17) is 0 Å². The molecule has 0 aliphatic heterocycles. The maximum absolute atomic E-state index is 3.39. The summed E-state index contributed by atoms with van der Waals surface area (Å²) >= 11 is 3.70.